The minimum atomic E-state index is -1.20. The molecule has 0 saturated heterocycles. The minimum absolute atomic E-state index is 0.0465. The molecule has 0 amide bonds. The van der Waals surface area contributed by atoms with Gasteiger partial charge in [-0.25, -0.2) is 4.39 Å². The van der Waals surface area contributed by atoms with Gasteiger partial charge in [-0.2, -0.15) is 0 Å². The summed E-state index contributed by atoms with van der Waals surface area (Å²) < 4.78 is 19.3. The molecule has 0 radical (unpaired) electrons. The highest BCUT2D eigenvalue weighted by molar-refractivity contribution is 5.39. The molecule has 17 heavy (non-hydrogen) atoms. The fraction of sp³-hybridized carbons (Fsp3) is 0.143. The molecular formula is C14H14FNO. The number of alkyl halides is 1. The molecule has 2 aromatic carbocycles. The van der Waals surface area contributed by atoms with Crippen LogP contribution in [0.3, 0.4) is 0 Å². The lowest BCUT2D eigenvalue weighted by Crippen LogP contribution is -2.08. The van der Waals surface area contributed by atoms with Gasteiger partial charge in [0.05, 0.1) is 0 Å². The fourth-order valence-corrected chi connectivity index (χ4v) is 1.57. The minimum Gasteiger partial charge on any atom is -0.457 e. The van der Waals surface area contributed by atoms with Crippen molar-refractivity contribution in [2.45, 2.75) is 6.17 Å². The first-order valence-electron chi connectivity index (χ1n) is 5.47. The van der Waals surface area contributed by atoms with Gasteiger partial charge < -0.3 is 10.5 Å². The van der Waals surface area contributed by atoms with E-state index in [1.54, 1.807) is 18.2 Å². The molecule has 3 heteroatoms. The van der Waals surface area contributed by atoms with E-state index in [4.69, 9.17) is 10.5 Å². The lowest BCUT2D eigenvalue weighted by Gasteiger charge is -2.12. The second-order valence-corrected chi connectivity index (χ2v) is 3.66. The molecule has 0 saturated carbocycles. The monoisotopic (exact) mass is 231 g/mol. The first-order chi connectivity index (χ1) is 8.31. The molecule has 2 nitrogen and oxygen atoms in total. The SMILES string of the molecule is NCC(F)c1ccccc1Oc1ccccc1. The van der Waals surface area contributed by atoms with Crippen LogP contribution in [0.4, 0.5) is 4.39 Å². The predicted octanol–water partition coefficient (Wildman–Crippen LogP) is 3.45. The maximum absolute atomic E-state index is 13.6. The summed E-state index contributed by atoms with van der Waals surface area (Å²) in [4.78, 5) is 0. The van der Waals surface area contributed by atoms with Crippen LogP contribution in [0.2, 0.25) is 0 Å². The second kappa shape index (κ2) is 5.46. The summed E-state index contributed by atoms with van der Waals surface area (Å²) in [7, 11) is 0. The van der Waals surface area contributed by atoms with Gasteiger partial charge in [-0.05, 0) is 18.2 Å². The van der Waals surface area contributed by atoms with E-state index in [2.05, 4.69) is 0 Å². The zero-order valence-electron chi connectivity index (χ0n) is 9.34. The van der Waals surface area contributed by atoms with Gasteiger partial charge in [-0.3, -0.25) is 0 Å². The van der Waals surface area contributed by atoms with Crippen LogP contribution in [0, 0.1) is 0 Å². The average Bonchev–Trinajstić information content (AvgIpc) is 2.40. The second-order valence-electron chi connectivity index (χ2n) is 3.66. The average molecular weight is 231 g/mol. The van der Waals surface area contributed by atoms with E-state index in [1.165, 1.54) is 0 Å². The van der Waals surface area contributed by atoms with Crippen LogP contribution in [0.25, 0.3) is 0 Å². The van der Waals surface area contributed by atoms with Crippen LogP contribution in [0.5, 0.6) is 11.5 Å². The van der Waals surface area contributed by atoms with Crippen molar-refractivity contribution in [3.8, 4) is 11.5 Å². The number of nitrogens with two attached hydrogens (primary N) is 1. The van der Waals surface area contributed by atoms with Crippen LogP contribution < -0.4 is 10.5 Å². The molecule has 0 aliphatic heterocycles. The molecule has 2 aromatic rings. The summed E-state index contributed by atoms with van der Waals surface area (Å²) in [6.45, 7) is -0.0465. The predicted molar refractivity (Wildman–Crippen MR) is 65.9 cm³/mol. The lowest BCUT2D eigenvalue weighted by molar-refractivity contribution is 0.340. The molecule has 0 fully saturated rings. The number of hydrogen-bond acceptors (Lipinski definition) is 2. The zero-order valence-corrected chi connectivity index (χ0v) is 9.34. The summed E-state index contributed by atoms with van der Waals surface area (Å²) in [6.07, 6.45) is -1.20. The zero-order chi connectivity index (χ0) is 12.1. The topological polar surface area (TPSA) is 35.2 Å². The quantitative estimate of drug-likeness (QED) is 0.874. The molecule has 88 valence electrons. The summed E-state index contributed by atoms with van der Waals surface area (Å²) in [5.74, 6) is 1.20. The van der Waals surface area contributed by atoms with E-state index in [1.807, 2.05) is 36.4 Å². The van der Waals surface area contributed by atoms with E-state index < -0.39 is 6.17 Å². The van der Waals surface area contributed by atoms with E-state index in [9.17, 15) is 4.39 Å². The highest BCUT2D eigenvalue weighted by Gasteiger charge is 2.13. The number of rotatable bonds is 4. The molecule has 1 atom stereocenters. The van der Waals surface area contributed by atoms with Crippen LogP contribution >= 0.6 is 0 Å². The smallest absolute Gasteiger partial charge is 0.141 e. The van der Waals surface area contributed by atoms with Crippen molar-refractivity contribution in [3.63, 3.8) is 0 Å². The molecule has 0 aliphatic rings. The number of para-hydroxylation sites is 2. The molecule has 0 heterocycles. The molecule has 0 aliphatic carbocycles. The van der Waals surface area contributed by atoms with Crippen molar-refractivity contribution < 1.29 is 9.13 Å². The Hall–Kier alpha value is -1.87. The Balaban J connectivity index is 2.27. The van der Waals surface area contributed by atoms with E-state index in [0.29, 0.717) is 17.1 Å². The molecule has 2 rings (SSSR count). The molecule has 0 spiro atoms. The highest BCUT2D eigenvalue weighted by Crippen LogP contribution is 2.30. The molecule has 2 N–H and O–H groups in total. The van der Waals surface area contributed by atoms with Crippen molar-refractivity contribution in [2.75, 3.05) is 6.54 Å². The largest absolute Gasteiger partial charge is 0.457 e. The molecule has 0 aromatic heterocycles. The van der Waals surface area contributed by atoms with Gasteiger partial charge >= 0.3 is 0 Å². The standard InChI is InChI=1S/C14H14FNO/c15-13(10-16)12-8-4-5-9-14(12)17-11-6-2-1-3-7-11/h1-9,13H,10,16H2. The third-order valence-corrected chi connectivity index (χ3v) is 2.43. The summed E-state index contributed by atoms with van der Waals surface area (Å²) in [6, 6.07) is 16.3. The Morgan fingerprint density at radius 2 is 1.65 bits per heavy atom. The van der Waals surface area contributed by atoms with E-state index >= 15 is 0 Å². The Labute approximate surface area is 99.8 Å². The number of hydrogen-bond donors (Lipinski definition) is 1. The summed E-state index contributed by atoms with van der Waals surface area (Å²) in [5.41, 5.74) is 5.82. The number of halogens is 1. The molecule has 1 unspecified atom stereocenters. The Morgan fingerprint density at radius 1 is 1.00 bits per heavy atom. The maximum atomic E-state index is 13.6. The Kier molecular flexibility index (Phi) is 3.73. The van der Waals surface area contributed by atoms with Crippen LogP contribution in [-0.2, 0) is 0 Å². The van der Waals surface area contributed by atoms with Gasteiger partial charge in [-0.1, -0.05) is 36.4 Å². The van der Waals surface area contributed by atoms with Gasteiger partial charge in [0, 0.05) is 12.1 Å². The Morgan fingerprint density at radius 3 is 2.35 bits per heavy atom. The van der Waals surface area contributed by atoms with E-state index in [-0.39, 0.29) is 6.54 Å². The summed E-state index contributed by atoms with van der Waals surface area (Å²) >= 11 is 0. The highest BCUT2D eigenvalue weighted by atomic mass is 19.1. The number of benzene rings is 2. The fourth-order valence-electron chi connectivity index (χ4n) is 1.57. The normalized spacial score (nSPS) is 12.1. The number of ether oxygens (including phenoxy) is 1. The summed E-state index contributed by atoms with van der Waals surface area (Å²) in [5, 5.41) is 0. The van der Waals surface area contributed by atoms with Crippen molar-refractivity contribution in [1.82, 2.24) is 0 Å². The Bertz CT molecular complexity index is 473. The van der Waals surface area contributed by atoms with Crippen molar-refractivity contribution in [3.05, 3.63) is 60.2 Å². The van der Waals surface area contributed by atoms with Crippen molar-refractivity contribution >= 4 is 0 Å². The van der Waals surface area contributed by atoms with E-state index in [0.717, 1.165) is 0 Å². The van der Waals surface area contributed by atoms with Gasteiger partial charge in [0.2, 0.25) is 0 Å². The first kappa shape index (κ1) is 11.6. The van der Waals surface area contributed by atoms with Crippen LogP contribution in [0.15, 0.2) is 54.6 Å². The lowest BCUT2D eigenvalue weighted by atomic mass is 10.1. The molecular weight excluding hydrogens is 217 g/mol. The van der Waals surface area contributed by atoms with Crippen LogP contribution in [0.1, 0.15) is 11.7 Å². The van der Waals surface area contributed by atoms with Crippen molar-refractivity contribution in [2.24, 2.45) is 5.73 Å². The molecule has 0 bridgehead atoms. The first-order valence-corrected chi connectivity index (χ1v) is 5.47. The van der Waals surface area contributed by atoms with Gasteiger partial charge in [0.25, 0.3) is 0 Å². The van der Waals surface area contributed by atoms with Crippen LogP contribution in [-0.4, -0.2) is 6.54 Å². The van der Waals surface area contributed by atoms with Gasteiger partial charge in [0.1, 0.15) is 17.7 Å². The third kappa shape index (κ3) is 2.82. The van der Waals surface area contributed by atoms with Gasteiger partial charge in [-0.15, -0.1) is 0 Å². The third-order valence-electron chi connectivity index (χ3n) is 2.43. The van der Waals surface area contributed by atoms with Gasteiger partial charge in [0.15, 0.2) is 0 Å². The van der Waals surface area contributed by atoms with Crippen molar-refractivity contribution in [1.29, 1.82) is 0 Å². The maximum Gasteiger partial charge on any atom is 0.141 e.